The summed E-state index contributed by atoms with van der Waals surface area (Å²) in [6, 6.07) is 14.2. The minimum atomic E-state index is -0.412. The zero-order valence-corrected chi connectivity index (χ0v) is 19.8. The van der Waals surface area contributed by atoms with Gasteiger partial charge in [-0.3, -0.25) is 10.2 Å². The molecular weight excluding hydrogens is 481 g/mol. The molecule has 1 saturated heterocycles. The van der Waals surface area contributed by atoms with E-state index >= 15 is 0 Å². The second-order valence-electron chi connectivity index (χ2n) is 8.50. The molecule has 2 heterocycles. The third-order valence-corrected chi connectivity index (χ3v) is 7.24. The molecule has 2 aliphatic rings. The van der Waals surface area contributed by atoms with Crippen LogP contribution in [0.3, 0.4) is 0 Å². The molecule has 3 aromatic rings. The zero-order valence-electron chi connectivity index (χ0n) is 17.6. The van der Waals surface area contributed by atoms with Crippen molar-refractivity contribution in [2.75, 3.05) is 13.1 Å². The first-order chi connectivity index (χ1) is 15.9. The number of hydrogen-bond acceptors (Lipinski definition) is 4. The summed E-state index contributed by atoms with van der Waals surface area (Å²) in [4.78, 5) is 13.3. The Morgan fingerprint density at radius 1 is 1.03 bits per heavy atom. The van der Waals surface area contributed by atoms with Crippen LogP contribution in [0.5, 0.6) is 0 Å². The molecule has 1 aliphatic heterocycles. The van der Waals surface area contributed by atoms with E-state index in [0.29, 0.717) is 43.8 Å². The Bertz CT molecular complexity index is 1250. The average Bonchev–Trinajstić information content (AvgIpc) is 3.47. The van der Waals surface area contributed by atoms with E-state index < -0.39 is 5.91 Å². The Hall–Kier alpha value is -2.56. The number of carbonyl (C=O) groups is 1. The Labute approximate surface area is 206 Å². The third kappa shape index (κ3) is 4.22. The summed E-state index contributed by atoms with van der Waals surface area (Å²) in [6.07, 6.45) is 3.65. The number of benzene rings is 2. The minimum Gasteiger partial charge on any atom is -0.283 e. The van der Waals surface area contributed by atoms with Crippen molar-refractivity contribution in [3.8, 4) is 23.0 Å². The number of nitrogens with one attached hydrogen (secondary N) is 1. The molecule has 2 fully saturated rings. The summed E-state index contributed by atoms with van der Waals surface area (Å²) >= 11 is 18.6. The largest absolute Gasteiger partial charge is 0.287 e. The van der Waals surface area contributed by atoms with Crippen molar-refractivity contribution in [1.82, 2.24) is 20.2 Å². The first kappa shape index (κ1) is 22.2. The quantitative estimate of drug-likeness (QED) is 0.495. The summed E-state index contributed by atoms with van der Waals surface area (Å²) in [7, 11) is 0. The van der Waals surface area contributed by atoms with Crippen molar-refractivity contribution in [3.63, 3.8) is 0 Å². The SMILES string of the molecule is N#Cc1c(C(=O)NN2CC3CCCC3C2)nn(-c2ccc(Cl)cc2Cl)c1-c1ccc(Cl)cc1. The van der Waals surface area contributed by atoms with Crippen molar-refractivity contribution >= 4 is 40.7 Å². The van der Waals surface area contributed by atoms with Gasteiger partial charge in [-0.1, -0.05) is 53.4 Å². The molecule has 0 spiro atoms. The van der Waals surface area contributed by atoms with Crippen LogP contribution >= 0.6 is 34.8 Å². The summed E-state index contributed by atoms with van der Waals surface area (Å²) in [5.41, 5.74) is 4.84. The lowest BCUT2D eigenvalue weighted by Gasteiger charge is -2.17. The normalized spacial score (nSPS) is 19.9. The molecule has 0 bridgehead atoms. The van der Waals surface area contributed by atoms with Gasteiger partial charge in [-0.25, -0.2) is 9.69 Å². The van der Waals surface area contributed by atoms with E-state index in [-0.39, 0.29) is 11.3 Å². The number of amides is 1. The Kier molecular flexibility index (Phi) is 6.07. The molecule has 1 aromatic heterocycles. The molecule has 2 unspecified atom stereocenters. The lowest BCUT2D eigenvalue weighted by atomic mass is 10.0. The van der Waals surface area contributed by atoms with Gasteiger partial charge in [0.2, 0.25) is 0 Å². The van der Waals surface area contributed by atoms with Gasteiger partial charge in [0.05, 0.1) is 16.4 Å². The maximum absolute atomic E-state index is 13.3. The van der Waals surface area contributed by atoms with Gasteiger partial charge in [0.25, 0.3) is 5.91 Å². The Morgan fingerprint density at radius 2 is 1.70 bits per heavy atom. The molecule has 1 amide bonds. The summed E-state index contributed by atoms with van der Waals surface area (Å²) in [6.45, 7) is 1.65. The number of aromatic nitrogens is 2. The third-order valence-electron chi connectivity index (χ3n) is 6.45. The van der Waals surface area contributed by atoms with E-state index in [1.54, 1.807) is 42.5 Å². The van der Waals surface area contributed by atoms with Crippen molar-refractivity contribution in [1.29, 1.82) is 5.26 Å². The van der Waals surface area contributed by atoms with Gasteiger partial charge in [-0.05, 0) is 55.0 Å². The molecule has 1 saturated carbocycles. The van der Waals surface area contributed by atoms with Crippen LogP contribution < -0.4 is 5.43 Å². The summed E-state index contributed by atoms with van der Waals surface area (Å²) < 4.78 is 1.52. The predicted octanol–water partition coefficient (Wildman–Crippen LogP) is 5.75. The van der Waals surface area contributed by atoms with Crippen LogP contribution in [0.2, 0.25) is 15.1 Å². The van der Waals surface area contributed by atoms with Gasteiger partial charge in [-0.15, -0.1) is 0 Å². The zero-order chi connectivity index (χ0) is 23.1. The highest BCUT2D eigenvalue weighted by atomic mass is 35.5. The van der Waals surface area contributed by atoms with Crippen LogP contribution in [0.1, 0.15) is 35.3 Å². The predicted molar refractivity (Wildman–Crippen MR) is 129 cm³/mol. The topological polar surface area (TPSA) is 74.0 Å². The van der Waals surface area contributed by atoms with Gasteiger partial charge in [-0.2, -0.15) is 10.4 Å². The monoisotopic (exact) mass is 499 g/mol. The molecule has 0 radical (unpaired) electrons. The molecule has 2 aromatic carbocycles. The lowest BCUT2D eigenvalue weighted by Crippen LogP contribution is -2.41. The van der Waals surface area contributed by atoms with Gasteiger partial charge >= 0.3 is 0 Å². The Balaban J connectivity index is 1.57. The van der Waals surface area contributed by atoms with Crippen LogP contribution in [0, 0.1) is 23.2 Å². The number of fused-ring (bicyclic) bond motifs is 1. The highest BCUT2D eigenvalue weighted by Crippen LogP contribution is 2.37. The van der Waals surface area contributed by atoms with Crippen molar-refractivity contribution in [3.05, 3.63) is 68.8 Å². The number of carbonyl (C=O) groups excluding carboxylic acids is 1. The molecule has 33 heavy (non-hydrogen) atoms. The van der Waals surface area contributed by atoms with Gasteiger partial charge in [0, 0.05) is 28.7 Å². The average molecular weight is 501 g/mol. The van der Waals surface area contributed by atoms with Crippen LogP contribution in [0.15, 0.2) is 42.5 Å². The van der Waals surface area contributed by atoms with Crippen LogP contribution in [0.25, 0.3) is 16.9 Å². The number of halogens is 3. The fraction of sp³-hybridized carbons (Fsp3) is 0.292. The molecule has 168 valence electrons. The highest BCUT2D eigenvalue weighted by molar-refractivity contribution is 6.35. The number of nitriles is 1. The molecule has 5 rings (SSSR count). The second kappa shape index (κ2) is 9.00. The maximum atomic E-state index is 13.3. The standard InChI is InChI=1S/C24H20Cl3N5O/c25-17-6-4-14(5-7-17)23-19(11-28)22(29-32(23)21-9-8-18(26)10-20(21)27)24(33)30-31-12-15-2-1-3-16(15)13-31/h4-10,15-16H,1-3,12-13H2,(H,30,33). The van der Waals surface area contributed by atoms with E-state index in [4.69, 9.17) is 34.8 Å². The number of rotatable bonds is 4. The fourth-order valence-corrected chi connectivity index (χ4v) is 5.52. The van der Waals surface area contributed by atoms with Crippen LogP contribution in [0.4, 0.5) is 0 Å². The van der Waals surface area contributed by atoms with E-state index in [2.05, 4.69) is 16.6 Å². The second-order valence-corrected chi connectivity index (χ2v) is 9.78. The van der Waals surface area contributed by atoms with E-state index in [1.807, 2.05) is 5.01 Å². The smallest absolute Gasteiger partial charge is 0.283 e. The molecule has 2 atom stereocenters. The maximum Gasteiger partial charge on any atom is 0.287 e. The number of hydrogen-bond donors (Lipinski definition) is 1. The summed E-state index contributed by atoms with van der Waals surface area (Å²) in [5.74, 6) is 0.831. The van der Waals surface area contributed by atoms with Gasteiger partial charge < -0.3 is 0 Å². The fourth-order valence-electron chi connectivity index (χ4n) is 4.91. The number of nitrogens with zero attached hydrogens (tertiary/aromatic N) is 4. The van der Waals surface area contributed by atoms with Crippen molar-refractivity contribution < 1.29 is 4.79 Å². The lowest BCUT2D eigenvalue weighted by molar-refractivity contribution is 0.0808. The van der Waals surface area contributed by atoms with Crippen molar-refractivity contribution in [2.24, 2.45) is 11.8 Å². The summed E-state index contributed by atoms with van der Waals surface area (Å²) in [5, 5.41) is 17.9. The first-order valence-corrected chi connectivity index (χ1v) is 11.9. The minimum absolute atomic E-state index is 0.0468. The molecule has 6 nitrogen and oxygen atoms in total. The van der Waals surface area contributed by atoms with E-state index in [0.717, 1.165) is 13.1 Å². The van der Waals surface area contributed by atoms with Crippen LogP contribution in [-0.2, 0) is 0 Å². The van der Waals surface area contributed by atoms with Gasteiger partial charge in [0.15, 0.2) is 5.69 Å². The number of hydrazine groups is 1. The molecule has 9 heteroatoms. The van der Waals surface area contributed by atoms with E-state index in [9.17, 15) is 10.1 Å². The molecule has 1 aliphatic carbocycles. The van der Waals surface area contributed by atoms with Gasteiger partial charge in [0.1, 0.15) is 11.6 Å². The van der Waals surface area contributed by atoms with E-state index in [1.165, 1.54) is 23.9 Å². The Morgan fingerprint density at radius 3 is 2.33 bits per heavy atom. The highest BCUT2D eigenvalue weighted by Gasteiger charge is 2.37. The first-order valence-electron chi connectivity index (χ1n) is 10.7. The van der Waals surface area contributed by atoms with Crippen molar-refractivity contribution in [2.45, 2.75) is 19.3 Å². The molecular formula is C24H20Cl3N5O. The van der Waals surface area contributed by atoms with Crippen LogP contribution in [-0.4, -0.2) is 33.8 Å². The molecule has 1 N–H and O–H groups in total.